The van der Waals surface area contributed by atoms with Crippen LogP contribution in [0.25, 0.3) is 0 Å². The topological polar surface area (TPSA) is 38.3 Å². The number of methoxy groups -OCH3 is 1. The third-order valence-corrected chi connectivity index (χ3v) is 3.32. The first-order valence-electron chi connectivity index (χ1n) is 6.18. The van der Waals surface area contributed by atoms with Crippen LogP contribution in [-0.2, 0) is 10.2 Å². The van der Waals surface area contributed by atoms with Crippen LogP contribution in [0.2, 0.25) is 0 Å². The molecular formula is C15H23NO2. The van der Waals surface area contributed by atoms with Gasteiger partial charge in [0.2, 0.25) is 5.91 Å². The number of ether oxygens (including phenoxy) is 1. The van der Waals surface area contributed by atoms with E-state index in [4.69, 9.17) is 4.74 Å². The van der Waals surface area contributed by atoms with E-state index in [0.29, 0.717) is 6.54 Å². The Kier molecular flexibility index (Phi) is 4.38. The number of benzene rings is 1. The van der Waals surface area contributed by atoms with E-state index >= 15 is 0 Å². The number of nitrogens with one attached hydrogen (secondary N) is 1. The maximum absolute atomic E-state index is 11.1. The Morgan fingerprint density at radius 1 is 1.28 bits per heavy atom. The summed E-state index contributed by atoms with van der Waals surface area (Å²) in [4.78, 5) is 11.1. The lowest BCUT2D eigenvalue weighted by Gasteiger charge is -2.28. The summed E-state index contributed by atoms with van der Waals surface area (Å²) in [7, 11) is 1.68. The lowest BCUT2D eigenvalue weighted by Crippen LogP contribution is -2.35. The minimum Gasteiger partial charge on any atom is -0.496 e. The van der Waals surface area contributed by atoms with Crippen LogP contribution in [0.4, 0.5) is 0 Å². The second-order valence-corrected chi connectivity index (χ2v) is 5.43. The lowest BCUT2D eigenvalue weighted by molar-refractivity contribution is -0.119. The fourth-order valence-corrected chi connectivity index (χ4v) is 1.93. The first-order valence-corrected chi connectivity index (χ1v) is 6.18. The van der Waals surface area contributed by atoms with Crippen LogP contribution in [0.1, 0.15) is 37.5 Å². The standard InChI is InChI=1S/C15H23NO2/c1-10-7-13(14(18-6)8-11(10)2)15(4,5)9-16-12(3)17/h7-8H,9H2,1-6H3,(H,16,17). The zero-order chi connectivity index (χ0) is 13.9. The maximum Gasteiger partial charge on any atom is 0.216 e. The molecule has 1 aromatic carbocycles. The zero-order valence-corrected chi connectivity index (χ0v) is 12.2. The van der Waals surface area contributed by atoms with Gasteiger partial charge in [-0.3, -0.25) is 4.79 Å². The number of carbonyl (C=O) groups excluding carboxylic acids is 1. The van der Waals surface area contributed by atoms with E-state index in [9.17, 15) is 4.79 Å². The minimum atomic E-state index is -0.157. The van der Waals surface area contributed by atoms with E-state index < -0.39 is 0 Å². The van der Waals surface area contributed by atoms with Gasteiger partial charge in [0.15, 0.2) is 0 Å². The molecule has 0 aromatic heterocycles. The predicted octanol–water partition coefficient (Wildman–Crippen LogP) is 2.73. The van der Waals surface area contributed by atoms with Crippen LogP contribution in [0.5, 0.6) is 5.75 Å². The number of aryl methyl sites for hydroxylation is 2. The molecule has 18 heavy (non-hydrogen) atoms. The van der Waals surface area contributed by atoms with Gasteiger partial charge in [-0.05, 0) is 31.0 Å². The van der Waals surface area contributed by atoms with Crippen molar-refractivity contribution in [3.8, 4) is 5.75 Å². The van der Waals surface area contributed by atoms with Crippen LogP contribution in [0, 0.1) is 13.8 Å². The van der Waals surface area contributed by atoms with Gasteiger partial charge in [0.1, 0.15) is 5.75 Å². The third kappa shape index (κ3) is 3.25. The highest BCUT2D eigenvalue weighted by Gasteiger charge is 2.25. The summed E-state index contributed by atoms with van der Waals surface area (Å²) in [5.74, 6) is 0.874. The SMILES string of the molecule is COc1cc(C)c(C)cc1C(C)(C)CNC(C)=O. The molecule has 1 N–H and O–H groups in total. The molecule has 0 aliphatic heterocycles. The van der Waals surface area contributed by atoms with Crippen LogP contribution >= 0.6 is 0 Å². The van der Waals surface area contributed by atoms with Crippen molar-refractivity contribution in [1.29, 1.82) is 0 Å². The number of hydrogen-bond acceptors (Lipinski definition) is 2. The van der Waals surface area contributed by atoms with Crippen molar-refractivity contribution in [2.24, 2.45) is 0 Å². The van der Waals surface area contributed by atoms with E-state index in [2.05, 4.69) is 45.1 Å². The molecule has 0 radical (unpaired) electrons. The number of amides is 1. The van der Waals surface area contributed by atoms with Crippen molar-refractivity contribution in [3.05, 3.63) is 28.8 Å². The van der Waals surface area contributed by atoms with Gasteiger partial charge in [0.25, 0.3) is 0 Å². The second-order valence-electron chi connectivity index (χ2n) is 5.43. The average Bonchev–Trinajstić information content (AvgIpc) is 2.29. The highest BCUT2D eigenvalue weighted by atomic mass is 16.5. The second kappa shape index (κ2) is 5.42. The molecule has 0 aliphatic rings. The predicted molar refractivity (Wildman–Crippen MR) is 74.2 cm³/mol. The Morgan fingerprint density at radius 2 is 1.83 bits per heavy atom. The van der Waals surface area contributed by atoms with Gasteiger partial charge < -0.3 is 10.1 Å². The van der Waals surface area contributed by atoms with Gasteiger partial charge in [0, 0.05) is 24.4 Å². The molecule has 3 heteroatoms. The van der Waals surface area contributed by atoms with Crippen molar-refractivity contribution in [3.63, 3.8) is 0 Å². The summed E-state index contributed by atoms with van der Waals surface area (Å²) < 4.78 is 5.46. The van der Waals surface area contributed by atoms with Crippen LogP contribution in [-0.4, -0.2) is 19.6 Å². The van der Waals surface area contributed by atoms with Gasteiger partial charge in [-0.2, -0.15) is 0 Å². The zero-order valence-electron chi connectivity index (χ0n) is 12.2. The molecule has 0 aliphatic carbocycles. The number of carbonyl (C=O) groups is 1. The molecule has 0 bridgehead atoms. The molecule has 0 spiro atoms. The highest BCUT2D eigenvalue weighted by Crippen LogP contribution is 2.33. The number of rotatable bonds is 4. The Hall–Kier alpha value is -1.51. The van der Waals surface area contributed by atoms with Crippen LogP contribution < -0.4 is 10.1 Å². The quantitative estimate of drug-likeness (QED) is 0.891. The van der Waals surface area contributed by atoms with E-state index in [1.807, 2.05) is 0 Å². The van der Waals surface area contributed by atoms with Gasteiger partial charge >= 0.3 is 0 Å². The van der Waals surface area contributed by atoms with E-state index in [1.54, 1.807) is 7.11 Å². The van der Waals surface area contributed by atoms with Crippen molar-refractivity contribution in [2.45, 2.75) is 40.0 Å². The van der Waals surface area contributed by atoms with Gasteiger partial charge in [-0.25, -0.2) is 0 Å². The fourth-order valence-electron chi connectivity index (χ4n) is 1.93. The van der Waals surface area contributed by atoms with E-state index in [-0.39, 0.29) is 11.3 Å². The summed E-state index contributed by atoms with van der Waals surface area (Å²) in [6, 6.07) is 4.20. The molecule has 1 rings (SSSR count). The molecule has 0 heterocycles. The molecule has 0 unspecified atom stereocenters. The first kappa shape index (κ1) is 14.6. The van der Waals surface area contributed by atoms with Crippen molar-refractivity contribution >= 4 is 5.91 Å². The van der Waals surface area contributed by atoms with Crippen molar-refractivity contribution < 1.29 is 9.53 Å². The normalized spacial score (nSPS) is 11.2. The molecule has 0 atom stereocenters. The van der Waals surface area contributed by atoms with E-state index in [0.717, 1.165) is 11.3 Å². The average molecular weight is 249 g/mol. The first-order chi connectivity index (χ1) is 8.27. The van der Waals surface area contributed by atoms with Crippen LogP contribution in [0.3, 0.4) is 0 Å². The molecule has 0 saturated heterocycles. The largest absolute Gasteiger partial charge is 0.496 e. The van der Waals surface area contributed by atoms with Crippen molar-refractivity contribution in [2.75, 3.05) is 13.7 Å². The lowest BCUT2D eigenvalue weighted by atomic mass is 9.82. The Labute approximate surface area is 110 Å². The fraction of sp³-hybridized carbons (Fsp3) is 0.533. The molecule has 100 valence electrons. The third-order valence-electron chi connectivity index (χ3n) is 3.32. The Bertz CT molecular complexity index is 450. The summed E-state index contributed by atoms with van der Waals surface area (Å²) in [5, 5.41) is 2.88. The Balaban J connectivity index is 3.13. The van der Waals surface area contributed by atoms with Gasteiger partial charge in [-0.15, -0.1) is 0 Å². The summed E-state index contributed by atoms with van der Waals surface area (Å²) >= 11 is 0. The maximum atomic E-state index is 11.1. The van der Waals surface area contributed by atoms with Crippen molar-refractivity contribution in [1.82, 2.24) is 5.32 Å². The molecule has 0 saturated carbocycles. The number of hydrogen-bond donors (Lipinski definition) is 1. The summed E-state index contributed by atoms with van der Waals surface area (Å²) in [6.45, 7) is 10.5. The molecule has 0 fully saturated rings. The monoisotopic (exact) mass is 249 g/mol. The molecule has 3 nitrogen and oxygen atoms in total. The highest BCUT2D eigenvalue weighted by molar-refractivity contribution is 5.73. The Morgan fingerprint density at radius 3 is 2.33 bits per heavy atom. The van der Waals surface area contributed by atoms with Gasteiger partial charge in [0.05, 0.1) is 7.11 Å². The molecule has 1 amide bonds. The van der Waals surface area contributed by atoms with Gasteiger partial charge in [-0.1, -0.05) is 19.9 Å². The van der Waals surface area contributed by atoms with E-state index in [1.165, 1.54) is 18.1 Å². The summed E-state index contributed by atoms with van der Waals surface area (Å²) in [5.41, 5.74) is 3.42. The van der Waals surface area contributed by atoms with Crippen LogP contribution in [0.15, 0.2) is 12.1 Å². The minimum absolute atomic E-state index is 0.00845. The summed E-state index contributed by atoms with van der Waals surface area (Å²) in [6.07, 6.45) is 0. The molecule has 1 aromatic rings. The molecular weight excluding hydrogens is 226 g/mol. The smallest absolute Gasteiger partial charge is 0.216 e.